The molecule has 10 heterocycles. The zero-order valence-corrected chi connectivity index (χ0v) is 47.7. The van der Waals surface area contributed by atoms with Crippen LogP contribution in [-0.2, 0) is 46.3 Å². The Hall–Kier alpha value is -5.70. The molecule has 9 aliphatic rings. The Morgan fingerprint density at radius 1 is 0.950 bits per heavy atom. The van der Waals surface area contributed by atoms with Crippen LogP contribution in [0.15, 0.2) is 58.2 Å². The van der Waals surface area contributed by atoms with Gasteiger partial charge in [0, 0.05) is 104 Å². The number of aromatic nitrogens is 4. The summed E-state index contributed by atoms with van der Waals surface area (Å²) in [4.78, 5) is 67.2. The van der Waals surface area contributed by atoms with Gasteiger partial charge in [-0.3, -0.25) is 34.2 Å². The van der Waals surface area contributed by atoms with Gasteiger partial charge in [0.1, 0.15) is 24.6 Å². The highest BCUT2D eigenvalue weighted by molar-refractivity contribution is 5.95. The van der Waals surface area contributed by atoms with Crippen molar-refractivity contribution in [2.24, 2.45) is 23.2 Å². The molecule has 1 unspecified atom stereocenters. The molecule has 3 aliphatic carbocycles. The number of piperazine rings is 1. The third-order valence-corrected chi connectivity index (χ3v) is 19.1. The zero-order valence-electron chi connectivity index (χ0n) is 47.7. The van der Waals surface area contributed by atoms with Crippen LogP contribution >= 0.6 is 0 Å². The SMILES string of the molecule is CO[C@@H](C)c1ncc(N2CCN(C3CC3)CC2)cc1-c1c2c3cc(ccc3n1CCOC1CCOC(C)(C)C1)-c1nc(co1)[C@@H](N1CCCC1)[C@H](NC(=O)[C@@H]1[C@@H](C)[C@H]1c1cocn1)C(=O)N1N[C@H](C(=O)OCC(C)(C)C2)C2CC1C2. The van der Waals surface area contributed by atoms with E-state index < -0.39 is 35.4 Å². The van der Waals surface area contributed by atoms with Gasteiger partial charge in [0.25, 0.3) is 5.91 Å². The lowest BCUT2D eigenvalue weighted by atomic mass is 9.73. The minimum Gasteiger partial charge on any atom is -0.464 e. The molecule has 2 N–H and O–H groups in total. The van der Waals surface area contributed by atoms with Gasteiger partial charge in [-0.2, -0.15) is 0 Å². The number of methoxy groups -OCH3 is 1. The first-order chi connectivity index (χ1) is 38.6. The van der Waals surface area contributed by atoms with Gasteiger partial charge in [0.15, 0.2) is 6.39 Å². The van der Waals surface area contributed by atoms with E-state index in [-0.39, 0.29) is 60.0 Å². The van der Waals surface area contributed by atoms with E-state index in [4.69, 9.17) is 37.7 Å². The Morgan fingerprint density at radius 3 is 2.49 bits per heavy atom. The van der Waals surface area contributed by atoms with Crippen molar-refractivity contribution in [1.82, 2.24) is 45.1 Å². The summed E-state index contributed by atoms with van der Waals surface area (Å²) in [5.74, 6) is -1.10. The average molecular weight is 1100 g/mol. The van der Waals surface area contributed by atoms with Crippen molar-refractivity contribution in [3.63, 3.8) is 0 Å². The Kier molecular flexibility index (Phi) is 14.2. The van der Waals surface area contributed by atoms with Gasteiger partial charge in [-0.05, 0) is 127 Å². The molecule has 5 aromatic rings. The van der Waals surface area contributed by atoms with E-state index in [0.717, 1.165) is 102 Å². The maximum absolute atomic E-state index is 15.5. The molecule has 4 aromatic heterocycles. The van der Waals surface area contributed by atoms with Crippen LogP contribution < -0.4 is 15.6 Å². The number of esters is 1. The number of cyclic esters (lactones) is 1. The number of carbonyl (C=O) groups is 3. The van der Waals surface area contributed by atoms with Gasteiger partial charge >= 0.3 is 5.97 Å². The molecule has 80 heavy (non-hydrogen) atoms. The number of pyridine rings is 1. The molecule has 3 saturated carbocycles. The highest BCUT2D eigenvalue weighted by atomic mass is 16.5. The maximum Gasteiger partial charge on any atom is 0.325 e. The molecule has 0 spiro atoms. The first-order valence-corrected chi connectivity index (χ1v) is 29.7. The molecule has 19 nitrogen and oxygen atoms in total. The number of hydrogen-bond donors (Lipinski definition) is 2. The van der Waals surface area contributed by atoms with E-state index in [0.29, 0.717) is 69.7 Å². The zero-order chi connectivity index (χ0) is 55.2. The lowest BCUT2D eigenvalue weighted by molar-refractivity contribution is -0.172. The Labute approximate surface area is 468 Å². The molecule has 14 rings (SSSR count). The molecule has 8 bridgehead atoms. The number of amides is 2. The first kappa shape index (κ1) is 53.6. The fraction of sp³-hybridized carbons (Fsp3) is 0.639. The predicted molar refractivity (Wildman–Crippen MR) is 298 cm³/mol. The van der Waals surface area contributed by atoms with E-state index in [1.807, 2.05) is 13.1 Å². The smallest absolute Gasteiger partial charge is 0.325 e. The summed E-state index contributed by atoms with van der Waals surface area (Å²) in [6.45, 7) is 19.7. The van der Waals surface area contributed by atoms with Gasteiger partial charge in [-0.15, -0.1) is 0 Å². The van der Waals surface area contributed by atoms with Gasteiger partial charge < -0.3 is 42.6 Å². The number of anilines is 1. The number of likely N-dealkylation sites (tertiary alicyclic amines) is 1. The van der Waals surface area contributed by atoms with Crippen molar-refractivity contribution in [3.05, 3.63) is 72.0 Å². The molecular weight excluding hydrogens is 1020 g/mol. The summed E-state index contributed by atoms with van der Waals surface area (Å²) in [7, 11) is 1.74. The quantitative estimate of drug-likeness (QED) is 0.109. The number of nitrogens with one attached hydrogen (secondary N) is 2. The van der Waals surface area contributed by atoms with Crippen LogP contribution in [0, 0.1) is 23.2 Å². The molecule has 0 radical (unpaired) electrons. The third kappa shape index (κ3) is 10.3. The lowest BCUT2D eigenvalue weighted by Crippen LogP contribution is -2.72. The largest absolute Gasteiger partial charge is 0.464 e. The molecule has 5 saturated heterocycles. The number of nitrogens with zero attached hydrogens (tertiary/aromatic N) is 8. The summed E-state index contributed by atoms with van der Waals surface area (Å²) in [5, 5.41) is 5.92. The number of ether oxygens (including phenoxy) is 4. The van der Waals surface area contributed by atoms with Crippen LogP contribution in [0.4, 0.5) is 5.69 Å². The molecule has 428 valence electrons. The Bertz CT molecular complexity index is 3090. The summed E-state index contributed by atoms with van der Waals surface area (Å²) < 4.78 is 39.9. The van der Waals surface area contributed by atoms with Crippen LogP contribution in [0.3, 0.4) is 0 Å². The number of benzene rings is 1. The van der Waals surface area contributed by atoms with Crippen molar-refractivity contribution in [2.45, 2.75) is 160 Å². The highest BCUT2D eigenvalue weighted by Gasteiger charge is 2.57. The van der Waals surface area contributed by atoms with Crippen LogP contribution in [0.25, 0.3) is 33.6 Å². The molecule has 1 aromatic carbocycles. The van der Waals surface area contributed by atoms with Crippen molar-refractivity contribution < 1.29 is 42.2 Å². The van der Waals surface area contributed by atoms with E-state index in [1.54, 1.807) is 24.6 Å². The number of fused-ring (bicyclic) bond motifs is 4. The molecule has 2 amide bonds. The van der Waals surface area contributed by atoms with E-state index in [2.05, 4.69) is 93.9 Å². The summed E-state index contributed by atoms with van der Waals surface area (Å²) >= 11 is 0. The first-order valence-electron chi connectivity index (χ1n) is 29.7. The summed E-state index contributed by atoms with van der Waals surface area (Å²) in [6, 6.07) is 6.80. The molecule has 8 atom stereocenters. The van der Waals surface area contributed by atoms with Gasteiger partial charge in [-0.25, -0.2) is 15.4 Å². The second-order valence-electron chi connectivity index (χ2n) is 25.8. The van der Waals surface area contributed by atoms with E-state index in [1.165, 1.54) is 19.2 Å². The van der Waals surface area contributed by atoms with E-state index >= 15 is 4.79 Å². The summed E-state index contributed by atoms with van der Waals surface area (Å²) in [5.41, 5.74) is 10.6. The second kappa shape index (κ2) is 21.2. The molecule has 8 fully saturated rings. The van der Waals surface area contributed by atoms with Crippen molar-refractivity contribution in [3.8, 4) is 22.7 Å². The minimum absolute atomic E-state index is 0.00334. The standard InChI is InChI=1S/C61H80N10O9/c1-35-49(46-31-76-34-63-46)50(35)56(72)65-53-55(69-15-8-9-16-69)47-32-78-57(64-47)37-10-13-48-43(26-37)45(29-60(3,4)33-79-59(74)52-38-24-40(25-38)71(66-52)58(53)73)54(70(48)21-23-77-42-14-22-80-61(5,6)28-42)44-27-41(30-62-51(44)36(2)75-7)68-19-17-67(18-20-68)39-11-12-39/h10,13,26-27,30-32,34-36,38-40,42,49-50,52-53,55,66H,8-9,11-12,14-25,28-29,33H2,1-7H3,(H,65,72)/t35-,36-,38?,40?,42?,49-,50+,52-,53-,55+/m0/s1. The Balaban J connectivity index is 0.946. The predicted octanol–water partition coefficient (Wildman–Crippen LogP) is 7.60. The number of rotatable bonds is 13. The molecule has 6 aliphatic heterocycles. The number of hydrazine groups is 1. The number of hydrogen-bond acceptors (Lipinski definition) is 16. The fourth-order valence-electron chi connectivity index (χ4n) is 14.3. The summed E-state index contributed by atoms with van der Waals surface area (Å²) in [6.07, 6.45) is 14.3. The average Bonchev–Trinajstić information content (AvgIpc) is 3.87. The lowest BCUT2D eigenvalue weighted by Gasteiger charge is -2.53. The van der Waals surface area contributed by atoms with Crippen LogP contribution in [-0.4, -0.2) is 154 Å². The fourth-order valence-corrected chi connectivity index (χ4v) is 14.3. The molecular formula is C61H80N10O9. The second-order valence-corrected chi connectivity index (χ2v) is 25.8. The van der Waals surface area contributed by atoms with Crippen LogP contribution in [0.2, 0.25) is 0 Å². The maximum atomic E-state index is 15.5. The van der Waals surface area contributed by atoms with Crippen LogP contribution in [0.5, 0.6) is 0 Å². The van der Waals surface area contributed by atoms with Crippen LogP contribution in [0.1, 0.15) is 134 Å². The van der Waals surface area contributed by atoms with Crippen molar-refractivity contribution in [2.75, 3.05) is 71.1 Å². The van der Waals surface area contributed by atoms with Crippen molar-refractivity contribution in [1.29, 1.82) is 0 Å². The minimum atomic E-state index is -1.07. The van der Waals surface area contributed by atoms with Crippen molar-refractivity contribution >= 4 is 34.4 Å². The third-order valence-electron chi connectivity index (χ3n) is 19.1. The molecule has 19 heteroatoms. The monoisotopic (exact) mass is 1100 g/mol. The van der Waals surface area contributed by atoms with Gasteiger partial charge in [0.2, 0.25) is 11.8 Å². The Morgan fingerprint density at radius 2 is 1.75 bits per heavy atom. The number of oxazole rings is 2. The van der Waals surface area contributed by atoms with Gasteiger partial charge in [-0.1, -0.05) is 20.8 Å². The van der Waals surface area contributed by atoms with E-state index in [9.17, 15) is 9.59 Å². The number of carbonyl (C=O) groups excluding carboxylic acids is 3. The highest BCUT2D eigenvalue weighted by Crippen LogP contribution is 2.54. The van der Waals surface area contributed by atoms with Gasteiger partial charge in [0.05, 0.1) is 71.7 Å². The topological polar surface area (TPSA) is 195 Å². The normalized spacial score (nSPS) is 30.2.